The molecule has 1 N–H and O–H groups in total. The summed E-state index contributed by atoms with van der Waals surface area (Å²) in [6, 6.07) is 16.0. The summed E-state index contributed by atoms with van der Waals surface area (Å²) in [6.07, 6.45) is 2.90. The summed E-state index contributed by atoms with van der Waals surface area (Å²) in [5.41, 5.74) is 3.84. The lowest BCUT2D eigenvalue weighted by Crippen LogP contribution is -2.42. The summed E-state index contributed by atoms with van der Waals surface area (Å²) < 4.78 is 6.50. The number of Topliss-reactive ketones (excluding diaryl/α,β-unsaturated/α-hetero) is 2. The van der Waals surface area contributed by atoms with Crippen LogP contribution in [0.15, 0.2) is 60.7 Å². The number of ketones is 2. The van der Waals surface area contributed by atoms with Gasteiger partial charge in [0, 0.05) is 50.5 Å². The number of carbonyl (C=O) groups is 3. The molecule has 1 fully saturated rings. The van der Waals surface area contributed by atoms with Gasteiger partial charge in [0.05, 0.1) is 34.4 Å². The molecular weight excluding hydrogens is 534 g/mol. The molecule has 0 aliphatic carbocycles. The van der Waals surface area contributed by atoms with E-state index >= 15 is 0 Å². The second kappa shape index (κ2) is 15.1. The fraction of sp³-hybridized carbons (Fsp3) is 0.455. The maximum absolute atomic E-state index is 13.6. The third-order valence-electron chi connectivity index (χ3n) is 7.53. The van der Waals surface area contributed by atoms with Gasteiger partial charge >= 0.3 is 0 Å². The van der Waals surface area contributed by atoms with Gasteiger partial charge in [-0.15, -0.1) is 11.3 Å². The van der Waals surface area contributed by atoms with Gasteiger partial charge < -0.3 is 14.8 Å². The smallest absolute Gasteiger partial charge is 0.224 e. The van der Waals surface area contributed by atoms with Crippen molar-refractivity contribution in [2.45, 2.75) is 58.4 Å². The number of thiazole rings is 1. The number of aryl methyl sites for hydroxylation is 1. The van der Waals surface area contributed by atoms with Crippen LogP contribution < -0.4 is 5.32 Å². The number of morpholine rings is 1. The maximum Gasteiger partial charge on any atom is 0.224 e. The van der Waals surface area contributed by atoms with Crippen molar-refractivity contribution in [3.63, 3.8) is 0 Å². The van der Waals surface area contributed by atoms with Crippen LogP contribution in [0.2, 0.25) is 0 Å². The molecule has 1 saturated heterocycles. The van der Waals surface area contributed by atoms with Crippen LogP contribution in [-0.4, -0.2) is 66.2 Å². The van der Waals surface area contributed by atoms with Gasteiger partial charge in [-0.25, -0.2) is 4.98 Å². The predicted octanol–water partition coefficient (Wildman–Crippen LogP) is 4.96. The average Bonchev–Trinajstić information content (AvgIpc) is 3.37. The van der Waals surface area contributed by atoms with Crippen LogP contribution in [0.1, 0.15) is 49.2 Å². The van der Waals surface area contributed by atoms with E-state index in [1.54, 1.807) is 11.3 Å². The normalized spacial score (nSPS) is 15.4. The Kier molecular flexibility index (Phi) is 11.4. The van der Waals surface area contributed by atoms with Gasteiger partial charge in [-0.1, -0.05) is 49.9 Å². The van der Waals surface area contributed by atoms with Crippen LogP contribution in [-0.2, 0) is 38.4 Å². The SMILES string of the molecule is C=C(CN1CCOCC1)C(=O)CC[C@H](Cc1ccccc1)NC(=O)[C@@H](CC(C)=O)Cc1nc2ccc(CC)cc2s1. The highest BCUT2D eigenvalue weighted by Crippen LogP contribution is 2.26. The van der Waals surface area contributed by atoms with Gasteiger partial charge in [0.2, 0.25) is 5.91 Å². The molecule has 4 rings (SSSR count). The number of carbonyl (C=O) groups excluding carboxylic acids is 3. The molecule has 2 atom stereocenters. The first-order valence-corrected chi connectivity index (χ1v) is 15.4. The lowest BCUT2D eigenvalue weighted by atomic mass is 9.95. The second-order valence-corrected chi connectivity index (χ2v) is 12.0. The Hall–Kier alpha value is -3.20. The number of amides is 1. The minimum absolute atomic E-state index is 0.0185. The van der Waals surface area contributed by atoms with Crippen molar-refractivity contribution >= 4 is 39.0 Å². The van der Waals surface area contributed by atoms with Gasteiger partial charge in [0.25, 0.3) is 0 Å². The monoisotopic (exact) mass is 575 g/mol. The van der Waals surface area contributed by atoms with Gasteiger partial charge in [0.15, 0.2) is 5.78 Å². The number of nitrogens with zero attached hydrogens (tertiary/aromatic N) is 2. The Bertz CT molecular complexity index is 1350. The number of nitrogens with one attached hydrogen (secondary N) is 1. The maximum atomic E-state index is 13.6. The molecule has 7 nitrogen and oxygen atoms in total. The van der Waals surface area contributed by atoms with Crippen LogP contribution >= 0.6 is 11.3 Å². The molecule has 218 valence electrons. The topological polar surface area (TPSA) is 88.6 Å². The lowest BCUT2D eigenvalue weighted by molar-refractivity contribution is -0.129. The average molecular weight is 576 g/mol. The molecule has 1 aliphatic rings. The van der Waals surface area contributed by atoms with Crippen molar-refractivity contribution in [2.24, 2.45) is 5.92 Å². The zero-order valence-corrected chi connectivity index (χ0v) is 25.0. The summed E-state index contributed by atoms with van der Waals surface area (Å²) in [4.78, 5) is 45.7. The zero-order chi connectivity index (χ0) is 29.2. The fourth-order valence-electron chi connectivity index (χ4n) is 5.18. The molecule has 0 radical (unpaired) electrons. The Balaban J connectivity index is 1.43. The third-order valence-corrected chi connectivity index (χ3v) is 8.58. The van der Waals surface area contributed by atoms with E-state index in [9.17, 15) is 14.4 Å². The van der Waals surface area contributed by atoms with Crippen molar-refractivity contribution < 1.29 is 19.1 Å². The number of ether oxygens (including phenoxy) is 1. The van der Waals surface area contributed by atoms with Crippen LogP contribution in [0.25, 0.3) is 10.2 Å². The molecule has 41 heavy (non-hydrogen) atoms. The fourth-order valence-corrected chi connectivity index (χ4v) is 6.29. The van der Waals surface area contributed by atoms with E-state index in [0.29, 0.717) is 51.0 Å². The zero-order valence-electron chi connectivity index (χ0n) is 24.2. The molecule has 0 unspecified atom stereocenters. The summed E-state index contributed by atoms with van der Waals surface area (Å²) >= 11 is 1.58. The number of hydrogen-bond donors (Lipinski definition) is 1. The highest BCUT2D eigenvalue weighted by Gasteiger charge is 2.26. The summed E-state index contributed by atoms with van der Waals surface area (Å²) in [5, 5.41) is 4.05. The minimum atomic E-state index is -0.524. The number of benzene rings is 2. The van der Waals surface area contributed by atoms with Gasteiger partial charge in [-0.3, -0.25) is 14.5 Å². The van der Waals surface area contributed by atoms with E-state index in [4.69, 9.17) is 9.72 Å². The van der Waals surface area contributed by atoms with E-state index in [2.05, 4.69) is 35.9 Å². The Labute approximate surface area is 247 Å². The van der Waals surface area contributed by atoms with Gasteiger partial charge in [-0.05, 0) is 49.4 Å². The molecule has 1 aromatic heterocycles. The molecule has 2 aromatic carbocycles. The summed E-state index contributed by atoms with van der Waals surface area (Å²) in [7, 11) is 0. The second-order valence-electron chi connectivity index (χ2n) is 10.9. The van der Waals surface area contributed by atoms with Crippen LogP contribution in [0, 0.1) is 5.92 Å². The van der Waals surface area contributed by atoms with Gasteiger partial charge in [0.1, 0.15) is 5.78 Å². The standard InChI is InChI=1S/C33H41N3O4S/c1-4-25-10-12-29-31(20-25)41-32(35-29)21-27(18-24(3)37)33(39)34-28(19-26-8-6-5-7-9-26)11-13-30(38)23(2)22-36-14-16-40-17-15-36/h5-10,12,20,27-28H,2,4,11,13-19,21-22H2,1,3H3,(H,34,39)/t27-,28+/m0/s1. The van der Waals surface area contributed by atoms with E-state index < -0.39 is 5.92 Å². The highest BCUT2D eigenvalue weighted by molar-refractivity contribution is 7.18. The van der Waals surface area contributed by atoms with E-state index in [-0.39, 0.29) is 29.9 Å². The van der Waals surface area contributed by atoms with Crippen LogP contribution in [0.5, 0.6) is 0 Å². The Morgan fingerprint density at radius 3 is 2.54 bits per heavy atom. The number of rotatable bonds is 15. The number of fused-ring (bicyclic) bond motifs is 1. The molecule has 0 saturated carbocycles. The van der Waals surface area contributed by atoms with Crippen LogP contribution in [0.4, 0.5) is 0 Å². The first-order chi connectivity index (χ1) is 19.8. The first-order valence-electron chi connectivity index (χ1n) is 14.5. The number of hydrogen-bond acceptors (Lipinski definition) is 7. The third kappa shape index (κ3) is 9.42. The highest BCUT2D eigenvalue weighted by atomic mass is 32.1. The Morgan fingerprint density at radius 2 is 1.83 bits per heavy atom. The molecule has 3 aromatic rings. The Morgan fingerprint density at radius 1 is 1.07 bits per heavy atom. The van der Waals surface area contributed by atoms with Crippen molar-refractivity contribution in [2.75, 3.05) is 32.8 Å². The molecule has 8 heteroatoms. The minimum Gasteiger partial charge on any atom is -0.379 e. The summed E-state index contributed by atoms with van der Waals surface area (Å²) in [6.45, 7) is 11.2. The predicted molar refractivity (Wildman–Crippen MR) is 164 cm³/mol. The molecule has 1 amide bonds. The lowest BCUT2D eigenvalue weighted by Gasteiger charge is -2.27. The molecular formula is C33H41N3O4S. The van der Waals surface area contributed by atoms with Crippen molar-refractivity contribution in [1.82, 2.24) is 15.2 Å². The van der Waals surface area contributed by atoms with Crippen LogP contribution in [0.3, 0.4) is 0 Å². The van der Waals surface area contributed by atoms with E-state index in [1.165, 1.54) is 12.5 Å². The molecule has 0 bridgehead atoms. The molecule has 1 aliphatic heterocycles. The quantitative estimate of drug-likeness (QED) is 0.258. The van der Waals surface area contributed by atoms with E-state index in [1.807, 2.05) is 36.4 Å². The van der Waals surface area contributed by atoms with Crippen molar-refractivity contribution in [3.05, 3.63) is 76.8 Å². The first kappa shape index (κ1) is 30.8. The molecule has 2 heterocycles. The van der Waals surface area contributed by atoms with Crippen molar-refractivity contribution in [1.29, 1.82) is 0 Å². The molecule has 0 spiro atoms. The van der Waals surface area contributed by atoms with Gasteiger partial charge in [-0.2, -0.15) is 0 Å². The van der Waals surface area contributed by atoms with Crippen molar-refractivity contribution in [3.8, 4) is 0 Å². The largest absolute Gasteiger partial charge is 0.379 e. The van der Waals surface area contributed by atoms with E-state index in [0.717, 1.165) is 40.3 Å². The summed E-state index contributed by atoms with van der Waals surface area (Å²) in [5.74, 6) is -0.711. The number of aromatic nitrogens is 1.